The molecular weight excluding hydrogens is 264 g/mol. The van der Waals surface area contributed by atoms with E-state index in [-0.39, 0.29) is 11.9 Å². The second-order valence-electron chi connectivity index (χ2n) is 6.18. The fraction of sp³-hybridized carbons (Fsp3) is 0.750. The van der Waals surface area contributed by atoms with Crippen molar-refractivity contribution in [3.63, 3.8) is 0 Å². The molecule has 1 fully saturated rings. The van der Waals surface area contributed by atoms with E-state index in [9.17, 15) is 4.79 Å². The maximum absolute atomic E-state index is 12.4. The van der Waals surface area contributed by atoms with Gasteiger partial charge in [-0.05, 0) is 38.6 Å². The lowest BCUT2D eigenvalue weighted by molar-refractivity contribution is -0.124. The van der Waals surface area contributed by atoms with E-state index in [1.807, 2.05) is 20.3 Å². The van der Waals surface area contributed by atoms with Crippen molar-refractivity contribution in [2.45, 2.75) is 57.5 Å². The molecule has 5 nitrogen and oxygen atoms in total. The molecule has 1 aromatic rings. The highest BCUT2D eigenvalue weighted by atomic mass is 16.2. The van der Waals surface area contributed by atoms with Gasteiger partial charge in [0, 0.05) is 24.8 Å². The first-order valence-corrected chi connectivity index (χ1v) is 8.10. The van der Waals surface area contributed by atoms with Crippen molar-refractivity contribution in [2.24, 2.45) is 13.0 Å². The summed E-state index contributed by atoms with van der Waals surface area (Å²) >= 11 is 0. The van der Waals surface area contributed by atoms with Crippen LogP contribution < -0.4 is 10.6 Å². The molecule has 2 rings (SSSR count). The van der Waals surface area contributed by atoms with Gasteiger partial charge in [-0.2, -0.15) is 5.10 Å². The summed E-state index contributed by atoms with van der Waals surface area (Å²) in [4.78, 5) is 12.4. The third kappa shape index (κ3) is 4.30. The van der Waals surface area contributed by atoms with Crippen molar-refractivity contribution < 1.29 is 4.79 Å². The Kier molecular flexibility index (Phi) is 5.79. The summed E-state index contributed by atoms with van der Waals surface area (Å²) in [5, 5.41) is 10.4. The molecule has 0 aromatic carbocycles. The third-order valence-corrected chi connectivity index (χ3v) is 4.50. The van der Waals surface area contributed by atoms with Gasteiger partial charge in [-0.3, -0.25) is 9.48 Å². The van der Waals surface area contributed by atoms with Crippen LogP contribution in [0.15, 0.2) is 12.4 Å². The van der Waals surface area contributed by atoms with Gasteiger partial charge < -0.3 is 10.6 Å². The first kappa shape index (κ1) is 16.0. The standard InChI is InChI=1S/C16H28N4O/c1-4-5-12-6-8-14(9-7-12)19-16(21)15(17-2)13-10-18-20(3)11-13/h10-12,14-15,17H,4-9H2,1-3H3,(H,19,21). The lowest BCUT2D eigenvalue weighted by Gasteiger charge is -2.30. The Balaban J connectivity index is 1.86. The highest BCUT2D eigenvalue weighted by molar-refractivity contribution is 5.83. The first-order valence-electron chi connectivity index (χ1n) is 8.10. The van der Waals surface area contributed by atoms with Gasteiger partial charge >= 0.3 is 0 Å². The van der Waals surface area contributed by atoms with E-state index in [2.05, 4.69) is 22.7 Å². The van der Waals surface area contributed by atoms with Gasteiger partial charge in [0.2, 0.25) is 5.91 Å². The van der Waals surface area contributed by atoms with Crippen molar-refractivity contribution in [3.05, 3.63) is 18.0 Å². The normalized spacial score (nSPS) is 23.8. The summed E-state index contributed by atoms with van der Waals surface area (Å²) in [6, 6.07) is 0.0187. The van der Waals surface area contributed by atoms with Crippen LogP contribution in [0.25, 0.3) is 0 Å². The van der Waals surface area contributed by atoms with Gasteiger partial charge in [-0.15, -0.1) is 0 Å². The second kappa shape index (κ2) is 7.59. The molecule has 1 heterocycles. The predicted octanol–water partition coefficient (Wildman–Crippen LogP) is 2.16. The maximum atomic E-state index is 12.4. The second-order valence-corrected chi connectivity index (χ2v) is 6.18. The molecule has 1 atom stereocenters. The van der Waals surface area contributed by atoms with E-state index < -0.39 is 0 Å². The topological polar surface area (TPSA) is 59.0 Å². The molecule has 1 aromatic heterocycles. The Morgan fingerprint density at radius 2 is 2.14 bits per heavy atom. The molecule has 21 heavy (non-hydrogen) atoms. The number of carbonyl (C=O) groups is 1. The van der Waals surface area contributed by atoms with Crippen LogP contribution in [0, 0.1) is 5.92 Å². The molecule has 1 unspecified atom stereocenters. The fourth-order valence-electron chi connectivity index (χ4n) is 3.33. The van der Waals surface area contributed by atoms with Gasteiger partial charge in [0.25, 0.3) is 0 Å². The van der Waals surface area contributed by atoms with Crippen LogP contribution in [0.4, 0.5) is 0 Å². The fourth-order valence-corrected chi connectivity index (χ4v) is 3.33. The van der Waals surface area contributed by atoms with E-state index in [0.29, 0.717) is 6.04 Å². The average molecular weight is 292 g/mol. The Bertz CT molecular complexity index is 449. The lowest BCUT2D eigenvalue weighted by atomic mass is 9.83. The van der Waals surface area contributed by atoms with Gasteiger partial charge in [0.1, 0.15) is 6.04 Å². The molecule has 2 N–H and O–H groups in total. The summed E-state index contributed by atoms with van der Waals surface area (Å²) in [5.41, 5.74) is 0.914. The Morgan fingerprint density at radius 1 is 1.43 bits per heavy atom. The monoisotopic (exact) mass is 292 g/mol. The van der Waals surface area contributed by atoms with Crippen molar-refractivity contribution in [2.75, 3.05) is 7.05 Å². The number of amides is 1. The molecule has 0 bridgehead atoms. The Morgan fingerprint density at radius 3 is 2.67 bits per heavy atom. The van der Waals surface area contributed by atoms with Crippen LogP contribution >= 0.6 is 0 Å². The quantitative estimate of drug-likeness (QED) is 0.844. The first-order chi connectivity index (χ1) is 10.1. The minimum atomic E-state index is -0.313. The minimum Gasteiger partial charge on any atom is -0.352 e. The summed E-state index contributed by atoms with van der Waals surface area (Å²) in [6.45, 7) is 2.25. The molecular formula is C16H28N4O. The average Bonchev–Trinajstić information content (AvgIpc) is 2.88. The van der Waals surface area contributed by atoms with Crippen LogP contribution in [0.1, 0.15) is 57.1 Å². The molecule has 118 valence electrons. The van der Waals surface area contributed by atoms with Crippen LogP contribution in [0.2, 0.25) is 0 Å². The zero-order valence-electron chi connectivity index (χ0n) is 13.4. The highest BCUT2D eigenvalue weighted by Gasteiger charge is 2.26. The minimum absolute atomic E-state index is 0.0597. The summed E-state index contributed by atoms with van der Waals surface area (Å²) in [7, 11) is 3.68. The Labute approximate surface area is 127 Å². The van der Waals surface area contributed by atoms with Crippen molar-refractivity contribution in [1.29, 1.82) is 0 Å². The molecule has 0 spiro atoms. The summed E-state index contributed by atoms with van der Waals surface area (Å²) < 4.78 is 1.73. The van der Waals surface area contributed by atoms with Gasteiger partial charge in [-0.25, -0.2) is 0 Å². The van der Waals surface area contributed by atoms with Crippen molar-refractivity contribution in [1.82, 2.24) is 20.4 Å². The van der Waals surface area contributed by atoms with Gasteiger partial charge in [0.15, 0.2) is 0 Å². The number of aromatic nitrogens is 2. The number of nitrogens with one attached hydrogen (secondary N) is 2. The molecule has 0 radical (unpaired) electrons. The molecule has 1 amide bonds. The van der Waals surface area contributed by atoms with E-state index in [0.717, 1.165) is 24.3 Å². The largest absolute Gasteiger partial charge is 0.352 e. The highest BCUT2D eigenvalue weighted by Crippen LogP contribution is 2.28. The number of rotatable bonds is 6. The number of hydrogen-bond acceptors (Lipinski definition) is 3. The molecule has 1 saturated carbocycles. The van der Waals surface area contributed by atoms with Crippen molar-refractivity contribution >= 4 is 5.91 Å². The van der Waals surface area contributed by atoms with Crippen LogP contribution in [0.5, 0.6) is 0 Å². The molecule has 0 aliphatic heterocycles. The molecule has 1 aliphatic carbocycles. The SMILES string of the molecule is CCCC1CCC(NC(=O)C(NC)c2cnn(C)c2)CC1. The Hall–Kier alpha value is -1.36. The van der Waals surface area contributed by atoms with Crippen LogP contribution in [-0.4, -0.2) is 28.8 Å². The smallest absolute Gasteiger partial charge is 0.242 e. The number of carbonyl (C=O) groups excluding carboxylic acids is 1. The summed E-state index contributed by atoms with van der Waals surface area (Å²) in [5.74, 6) is 0.922. The van der Waals surface area contributed by atoms with Crippen LogP contribution in [-0.2, 0) is 11.8 Å². The zero-order chi connectivity index (χ0) is 15.2. The van der Waals surface area contributed by atoms with E-state index >= 15 is 0 Å². The van der Waals surface area contributed by atoms with Crippen molar-refractivity contribution in [3.8, 4) is 0 Å². The number of likely N-dealkylation sites (N-methyl/N-ethyl adjacent to an activating group) is 1. The van der Waals surface area contributed by atoms with Gasteiger partial charge in [0.05, 0.1) is 6.20 Å². The number of hydrogen-bond donors (Lipinski definition) is 2. The van der Waals surface area contributed by atoms with Gasteiger partial charge in [-0.1, -0.05) is 19.8 Å². The predicted molar refractivity (Wildman–Crippen MR) is 83.8 cm³/mol. The molecule has 1 aliphatic rings. The number of aryl methyl sites for hydroxylation is 1. The van der Waals surface area contributed by atoms with E-state index in [4.69, 9.17) is 0 Å². The van der Waals surface area contributed by atoms with Crippen LogP contribution in [0.3, 0.4) is 0 Å². The molecule has 5 heteroatoms. The van der Waals surface area contributed by atoms with E-state index in [1.165, 1.54) is 25.7 Å². The maximum Gasteiger partial charge on any atom is 0.242 e. The zero-order valence-corrected chi connectivity index (χ0v) is 13.4. The molecule has 0 saturated heterocycles. The third-order valence-electron chi connectivity index (χ3n) is 4.50. The number of nitrogens with zero attached hydrogens (tertiary/aromatic N) is 2. The van der Waals surface area contributed by atoms with E-state index in [1.54, 1.807) is 10.9 Å². The lowest BCUT2D eigenvalue weighted by Crippen LogP contribution is -2.43. The summed E-state index contributed by atoms with van der Waals surface area (Å²) in [6.07, 6.45) is 10.9.